The van der Waals surface area contributed by atoms with Crippen LogP contribution in [-0.4, -0.2) is 37.6 Å². The summed E-state index contributed by atoms with van der Waals surface area (Å²) in [4.78, 5) is 2.71. The maximum atomic E-state index is 3.32. The molecule has 1 fully saturated rings. The molecule has 0 aromatic heterocycles. The van der Waals surface area contributed by atoms with Crippen molar-refractivity contribution in [1.82, 2.24) is 10.2 Å². The van der Waals surface area contributed by atoms with E-state index in [0.29, 0.717) is 0 Å². The molecule has 1 unspecified atom stereocenters. The van der Waals surface area contributed by atoms with Gasteiger partial charge in [0.15, 0.2) is 0 Å². The topological polar surface area (TPSA) is 15.3 Å². The third kappa shape index (κ3) is 4.32. The van der Waals surface area contributed by atoms with Crippen molar-refractivity contribution in [2.45, 2.75) is 38.6 Å². The Morgan fingerprint density at radius 1 is 1.21 bits per heavy atom. The standard InChI is InChI=1S/C17H28N2/c1-3-17(13-15-7-5-4-6-8-15)19-11-9-16(10-12-19)14-18-2/h4-8,16-18H,3,9-14H2,1-2H3. The molecule has 1 aliphatic heterocycles. The van der Waals surface area contributed by atoms with Gasteiger partial charge in [0.2, 0.25) is 0 Å². The molecule has 1 aliphatic rings. The average molecular weight is 260 g/mol. The summed E-state index contributed by atoms with van der Waals surface area (Å²) in [5.41, 5.74) is 1.48. The number of piperidine rings is 1. The number of hydrogen-bond acceptors (Lipinski definition) is 2. The van der Waals surface area contributed by atoms with E-state index >= 15 is 0 Å². The summed E-state index contributed by atoms with van der Waals surface area (Å²) in [6.07, 6.45) is 5.16. The second kappa shape index (κ2) is 7.66. The molecule has 0 saturated carbocycles. The van der Waals surface area contributed by atoms with E-state index in [0.717, 1.165) is 12.0 Å². The summed E-state index contributed by atoms with van der Waals surface area (Å²) in [5, 5.41) is 3.32. The summed E-state index contributed by atoms with van der Waals surface area (Å²) in [5.74, 6) is 0.885. The van der Waals surface area contributed by atoms with E-state index in [9.17, 15) is 0 Å². The van der Waals surface area contributed by atoms with Gasteiger partial charge in [-0.3, -0.25) is 0 Å². The van der Waals surface area contributed by atoms with Gasteiger partial charge in [-0.05, 0) is 63.8 Å². The van der Waals surface area contributed by atoms with Crippen LogP contribution >= 0.6 is 0 Å². The molecular formula is C17H28N2. The lowest BCUT2D eigenvalue weighted by Gasteiger charge is -2.37. The molecule has 0 radical (unpaired) electrons. The van der Waals surface area contributed by atoms with Crippen molar-refractivity contribution >= 4 is 0 Å². The normalized spacial score (nSPS) is 19.5. The molecule has 1 atom stereocenters. The highest BCUT2D eigenvalue weighted by Crippen LogP contribution is 2.21. The minimum absolute atomic E-state index is 0.720. The monoisotopic (exact) mass is 260 g/mol. The van der Waals surface area contributed by atoms with E-state index in [-0.39, 0.29) is 0 Å². The molecule has 1 N–H and O–H groups in total. The third-order valence-corrected chi connectivity index (χ3v) is 4.44. The molecule has 19 heavy (non-hydrogen) atoms. The van der Waals surface area contributed by atoms with Crippen molar-refractivity contribution in [3.63, 3.8) is 0 Å². The van der Waals surface area contributed by atoms with Crippen molar-refractivity contribution in [3.8, 4) is 0 Å². The predicted octanol–water partition coefficient (Wildman–Crippen LogP) is 2.94. The van der Waals surface area contributed by atoms with Crippen LogP contribution in [0.4, 0.5) is 0 Å². The van der Waals surface area contributed by atoms with Crippen molar-refractivity contribution in [3.05, 3.63) is 35.9 Å². The van der Waals surface area contributed by atoms with Gasteiger partial charge in [-0.25, -0.2) is 0 Å². The lowest BCUT2D eigenvalue weighted by atomic mass is 9.93. The molecule has 106 valence electrons. The lowest BCUT2D eigenvalue weighted by Crippen LogP contribution is -2.43. The Morgan fingerprint density at radius 2 is 1.89 bits per heavy atom. The van der Waals surface area contributed by atoms with Crippen LogP contribution in [0.15, 0.2) is 30.3 Å². The highest BCUT2D eigenvalue weighted by atomic mass is 15.2. The highest BCUT2D eigenvalue weighted by molar-refractivity contribution is 5.16. The average Bonchev–Trinajstić information content (AvgIpc) is 2.47. The summed E-state index contributed by atoms with van der Waals surface area (Å²) >= 11 is 0. The van der Waals surface area contributed by atoms with Crippen molar-refractivity contribution in [2.24, 2.45) is 5.92 Å². The largest absolute Gasteiger partial charge is 0.319 e. The first kappa shape index (κ1) is 14.5. The van der Waals surface area contributed by atoms with Gasteiger partial charge in [-0.15, -0.1) is 0 Å². The Balaban J connectivity index is 1.85. The van der Waals surface area contributed by atoms with Crippen LogP contribution in [0.5, 0.6) is 0 Å². The fourth-order valence-corrected chi connectivity index (χ4v) is 3.23. The van der Waals surface area contributed by atoms with Gasteiger partial charge in [0.05, 0.1) is 0 Å². The molecule has 0 amide bonds. The van der Waals surface area contributed by atoms with Gasteiger partial charge in [0.1, 0.15) is 0 Å². The third-order valence-electron chi connectivity index (χ3n) is 4.44. The fourth-order valence-electron chi connectivity index (χ4n) is 3.23. The molecule has 2 nitrogen and oxygen atoms in total. The van der Waals surface area contributed by atoms with Gasteiger partial charge in [-0.2, -0.15) is 0 Å². The predicted molar refractivity (Wildman–Crippen MR) is 82.4 cm³/mol. The maximum absolute atomic E-state index is 3.32. The molecule has 2 heteroatoms. The SMILES string of the molecule is CCC(Cc1ccccc1)N1CCC(CNC)CC1. The summed E-state index contributed by atoms with van der Waals surface area (Å²) in [6, 6.07) is 11.7. The second-order valence-electron chi connectivity index (χ2n) is 5.79. The van der Waals surface area contributed by atoms with Gasteiger partial charge in [0.25, 0.3) is 0 Å². The summed E-state index contributed by atoms with van der Waals surface area (Å²) < 4.78 is 0. The Kier molecular flexibility index (Phi) is 5.87. The van der Waals surface area contributed by atoms with E-state index in [2.05, 4.69) is 54.5 Å². The summed E-state index contributed by atoms with van der Waals surface area (Å²) in [6.45, 7) is 6.06. The lowest BCUT2D eigenvalue weighted by molar-refractivity contribution is 0.128. The molecule has 1 saturated heterocycles. The Labute approximate surface area is 118 Å². The minimum Gasteiger partial charge on any atom is -0.319 e. The highest BCUT2D eigenvalue weighted by Gasteiger charge is 2.23. The molecule has 0 aliphatic carbocycles. The van der Waals surface area contributed by atoms with Crippen LogP contribution in [0.2, 0.25) is 0 Å². The van der Waals surface area contributed by atoms with Crippen molar-refractivity contribution in [1.29, 1.82) is 0 Å². The molecule has 1 aromatic rings. The van der Waals surface area contributed by atoms with Crippen LogP contribution < -0.4 is 5.32 Å². The van der Waals surface area contributed by atoms with Crippen LogP contribution in [0.25, 0.3) is 0 Å². The molecular weight excluding hydrogens is 232 g/mol. The Bertz CT molecular complexity index is 342. The molecule has 0 bridgehead atoms. The zero-order valence-electron chi connectivity index (χ0n) is 12.4. The molecule has 1 aromatic carbocycles. The number of likely N-dealkylation sites (tertiary alicyclic amines) is 1. The van der Waals surface area contributed by atoms with Crippen LogP contribution in [0.1, 0.15) is 31.7 Å². The van der Waals surface area contributed by atoms with E-state index in [4.69, 9.17) is 0 Å². The fraction of sp³-hybridized carbons (Fsp3) is 0.647. The molecule has 2 rings (SSSR count). The number of rotatable bonds is 6. The molecule has 1 heterocycles. The van der Waals surface area contributed by atoms with E-state index in [1.54, 1.807) is 0 Å². The maximum Gasteiger partial charge on any atom is 0.0133 e. The smallest absolute Gasteiger partial charge is 0.0133 e. The number of nitrogens with zero attached hydrogens (tertiary/aromatic N) is 1. The van der Waals surface area contributed by atoms with E-state index in [1.165, 1.54) is 50.9 Å². The number of hydrogen-bond donors (Lipinski definition) is 1. The first-order valence-corrected chi connectivity index (χ1v) is 7.76. The van der Waals surface area contributed by atoms with E-state index < -0.39 is 0 Å². The van der Waals surface area contributed by atoms with E-state index in [1.807, 2.05) is 0 Å². The Morgan fingerprint density at radius 3 is 2.47 bits per heavy atom. The van der Waals surface area contributed by atoms with Gasteiger partial charge >= 0.3 is 0 Å². The quantitative estimate of drug-likeness (QED) is 0.846. The minimum atomic E-state index is 0.720. The second-order valence-corrected chi connectivity index (χ2v) is 5.79. The first-order chi connectivity index (χ1) is 9.33. The number of benzene rings is 1. The first-order valence-electron chi connectivity index (χ1n) is 7.76. The van der Waals surface area contributed by atoms with Gasteiger partial charge < -0.3 is 10.2 Å². The number of nitrogens with one attached hydrogen (secondary N) is 1. The zero-order valence-corrected chi connectivity index (χ0v) is 12.4. The van der Waals surface area contributed by atoms with Crippen molar-refractivity contribution in [2.75, 3.05) is 26.7 Å². The van der Waals surface area contributed by atoms with Crippen LogP contribution in [0.3, 0.4) is 0 Å². The molecule has 0 spiro atoms. The van der Waals surface area contributed by atoms with Crippen molar-refractivity contribution < 1.29 is 0 Å². The Hall–Kier alpha value is -0.860. The van der Waals surface area contributed by atoms with Gasteiger partial charge in [0, 0.05) is 6.04 Å². The summed E-state index contributed by atoms with van der Waals surface area (Å²) in [7, 11) is 2.07. The zero-order chi connectivity index (χ0) is 13.5. The van der Waals surface area contributed by atoms with Crippen LogP contribution in [0, 0.1) is 5.92 Å². The van der Waals surface area contributed by atoms with Crippen LogP contribution in [-0.2, 0) is 6.42 Å². The van der Waals surface area contributed by atoms with Gasteiger partial charge in [-0.1, -0.05) is 37.3 Å².